The number of nitrogens with zero attached hydrogens (tertiary/aromatic N) is 1. The van der Waals surface area contributed by atoms with Crippen molar-refractivity contribution in [2.75, 3.05) is 0 Å². The first-order chi connectivity index (χ1) is 15.4. The second kappa shape index (κ2) is 7.68. The van der Waals surface area contributed by atoms with Gasteiger partial charge >= 0.3 is 0 Å². The summed E-state index contributed by atoms with van der Waals surface area (Å²) >= 11 is 1.83. The summed E-state index contributed by atoms with van der Waals surface area (Å²) in [6, 6.07) is 34.6. The summed E-state index contributed by atoms with van der Waals surface area (Å²) in [5.41, 5.74) is 6.21. The van der Waals surface area contributed by atoms with Crippen LogP contribution in [-0.2, 0) is 6.42 Å². The summed E-state index contributed by atoms with van der Waals surface area (Å²) in [4.78, 5) is 8.66. The molecular weight excluding hydrogens is 396 g/mol. The number of fused-ring (bicyclic) bond motifs is 5. The Labute approximate surface area is 185 Å². The summed E-state index contributed by atoms with van der Waals surface area (Å²) in [7, 11) is 0. The number of benzene rings is 4. The van der Waals surface area contributed by atoms with Crippen molar-refractivity contribution in [3.63, 3.8) is 0 Å². The number of nitrogens with one attached hydrogen (secondary N) is 1. The molecule has 0 aliphatic rings. The van der Waals surface area contributed by atoms with Crippen LogP contribution in [0.1, 0.15) is 28.5 Å². The van der Waals surface area contributed by atoms with E-state index in [0.717, 1.165) is 23.9 Å². The average molecular weight is 419 g/mol. The molecule has 0 radical (unpaired) electrons. The van der Waals surface area contributed by atoms with Crippen LogP contribution in [0.4, 0.5) is 0 Å². The first-order valence-electron chi connectivity index (χ1n) is 10.8. The molecule has 2 aromatic heterocycles. The Bertz CT molecular complexity index is 1440. The van der Waals surface area contributed by atoms with Crippen molar-refractivity contribution < 1.29 is 0 Å². The summed E-state index contributed by atoms with van der Waals surface area (Å²) in [5.74, 6) is 0.377. The highest BCUT2D eigenvalue weighted by Gasteiger charge is 2.17. The van der Waals surface area contributed by atoms with Crippen molar-refractivity contribution in [1.29, 1.82) is 0 Å². The molecule has 0 aliphatic heterocycles. The standard InChI is InChI=1S/C28H22N2S/c1-3-9-19(10-4-1)21(20-11-5-2-6-12-20)15-18-26-30-28-25(31-26)17-16-24-27(28)22-13-7-8-14-23(22)29-24/h1-14,16-17,21,29H,15,18H2. The van der Waals surface area contributed by atoms with E-state index in [1.807, 2.05) is 11.3 Å². The predicted octanol–water partition coefficient (Wildman–Crippen LogP) is 7.70. The topological polar surface area (TPSA) is 28.7 Å². The lowest BCUT2D eigenvalue weighted by molar-refractivity contribution is 0.713. The molecule has 4 aromatic carbocycles. The van der Waals surface area contributed by atoms with Crippen LogP contribution in [0.3, 0.4) is 0 Å². The quantitative estimate of drug-likeness (QED) is 0.305. The molecule has 0 saturated heterocycles. The molecule has 0 amide bonds. The molecule has 2 nitrogen and oxygen atoms in total. The number of aromatic nitrogens is 2. The molecule has 0 bridgehead atoms. The maximum atomic E-state index is 5.12. The molecule has 6 rings (SSSR count). The number of hydrogen-bond acceptors (Lipinski definition) is 2. The van der Waals surface area contributed by atoms with Crippen LogP contribution in [0, 0.1) is 0 Å². The second-order valence-corrected chi connectivity index (χ2v) is 9.14. The maximum absolute atomic E-state index is 5.12. The monoisotopic (exact) mass is 418 g/mol. The zero-order valence-corrected chi connectivity index (χ0v) is 17.9. The van der Waals surface area contributed by atoms with Gasteiger partial charge in [-0.15, -0.1) is 11.3 Å². The van der Waals surface area contributed by atoms with Gasteiger partial charge in [0.05, 0.1) is 15.2 Å². The van der Waals surface area contributed by atoms with Crippen molar-refractivity contribution in [3.8, 4) is 0 Å². The number of aryl methyl sites for hydroxylation is 1. The molecule has 0 unspecified atom stereocenters. The minimum absolute atomic E-state index is 0.377. The fraction of sp³-hybridized carbons (Fsp3) is 0.107. The van der Waals surface area contributed by atoms with Crippen LogP contribution in [0.2, 0.25) is 0 Å². The molecule has 6 aromatic rings. The average Bonchev–Trinajstić information content (AvgIpc) is 3.41. The van der Waals surface area contributed by atoms with E-state index in [2.05, 4.69) is 102 Å². The van der Waals surface area contributed by atoms with Crippen molar-refractivity contribution in [3.05, 3.63) is 113 Å². The Morgan fingerprint density at radius 1 is 0.710 bits per heavy atom. The van der Waals surface area contributed by atoms with E-state index in [0.29, 0.717) is 5.92 Å². The Kier molecular flexibility index (Phi) is 4.54. The Morgan fingerprint density at radius 3 is 2.13 bits per heavy atom. The van der Waals surface area contributed by atoms with E-state index < -0.39 is 0 Å². The van der Waals surface area contributed by atoms with Gasteiger partial charge in [-0.2, -0.15) is 0 Å². The lowest BCUT2D eigenvalue weighted by atomic mass is 9.87. The number of rotatable bonds is 5. The lowest BCUT2D eigenvalue weighted by Crippen LogP contribution is -2.03. The zero-order valence-electron chi connectivity index (χ0n) is 17.1. The minimum Gasteiger partial charge on any atom is -0.354 e. The fourth-order valence-corrected chi connectivity index (χ4v) is 5.63. The highest BCUT2D eigenvalue weighted by atomic mass is 32.1. The molecular formula is C28H22N2S. The van der Waals surface area contributed by atoms with E-state index in [1.165, 1.54) is 37.1 Å². The van der Waals surface area contributed by atoms with Gasteiger partial charge in [0.2, 0.25) is 0 Å². The second-order valence-electron chi connectivity index (χ2n) is 8.03. The smallest absolute Gasteiger partial charge is 0.0939 e. The summed E-state index contributed by atoms with van der Waals surface area (Å²) < 4.78 is 1.27. The fourth-order valence-electron chi connectivity index (χ4n) is 4.64. The number of H-pyrrole nitrogens is 1. The van der Waals surface area contributed by atoms with Gasteiger partial charge in [0.25, 0.3) is 0 Å². The first-order valence-corrected chi connectivity index (χ1v) is 11.6. The summed E-state index contributed by atoms with van der Waals surface area (Å²) in [5, 5.41) is 3.72. The molecule has 31 heavy (non-hydrogen) atoms. The minimum atomic E-state index is 0.377. The highest BCUT2D eigenvalue weighted by Crippen LogP contribution is 2.36. The third-order valence-corrected chi connectivity index (χ3v) is 7.20. The lowest BCUT2D eigenvalue weighted by Gasteiger charge is -2.17. The van der Waals surface area contributed by atoms with Gasteiger partial charge in [-0.1, -0.05) is 78.9 Å². The number of hydrogen-bond donors (Lipinski definition) is 1. The largest absolute Gasteiger partial charge is 0.354 e. The van der Waals surface area contributed by atoms with E-state index in [1.54, 1.807) is 0 Å². The molecule has 0 fully saturated rings. The Morgan fingerprint density at radius 2 is 1.39 bits per heavy atom. The summed E-state index contributed by atoms with van der Waals surface area (Å²) in [6.45, 7) is 0. The van der Waals surface area contributed by atoms with Crippen LogP contribution in [0.5, 0.6) is 0 Å². The van der Waals surface area contributed by atoms with Gasteiger partial charge < -0.3 is 4.98 Å². The zero-order chi connectivity index (χ0) is 20.6. The third kappa shape index (κ3) is 3.31. The Hall–Kier alpha value is -3.43. The summed E-state index contributed by atoms with van der Waals surface area (Å²) in [6.07, 6.45) is 2.02. The normalized spacial score (nSPS) is 11.8. The molecule has 2 heterocycles. The number of para-hydroxylation sites is 1. The van der Waals surface area contributed by atoms with Gasteiger partial charge in [-0.05, 0) is 35.7 Å². The molecule has 0 spiro atoms. The van der Waals surface area contributed by atoms with Crippen LogP contribution in [0.15, 0.2) is 97.1 Å². The third-order valence-electron chi connectivity index (χ3n) is 6.12. The maximum Gasteiger partial charge on any atom is 0.0939 e. The highest BCUT2D eigenvalue weighted by molar-refractivity contribution is 7.18. The SMILES string of the molecule is c1ccc(C(CCc2nc3c(ccc4[nH]c5ccccc5c43)s2)c2ccccc2)cc1. The molecule has 150 valence electrons. The van der Waals surface area contributed by atoms with E-state index in [-0.39, 0.29) is 0 Å². The van der Waals surface area contributed by atoms with Crippen molar-refractivity contribution >= 4 is 43.4 Å². The van der Waals surface area contributed by atoms with E-state index in [9.17, 15) is 0 Å². The van der Waals surface area contributed by atoms with Crippen LogP contribution >= 0.6 is 11.3 Å². The molecule has 0 atom stereocenters. The molecule has 0 aliphatic carbocycles. The molecule has 3 heteroatoms. The van der Waals surface area contributed by atoms with Gasteiger partial charge in [0.15, 0.2) is 0 Å². The van der Waals surface area contributed by atoms with Gasteiger partial charge in [0.1, 0.15) is 0 Å². The van der Waals surface area contributed by atoms with Crippen LogP contribution < -0.4 is 0 Å². The van der Waals surface area contributed by atoms with Gasteiger partial charge in [-0.25, -0.2) is 4.98 Å². The molecule has 1 N–H and O–H groups in total. The first kappa shape index (κ1) is 18.3. The van der Waals surface area contributed by atoms with Crippen LogP contribution in [-0.4, -0.2) is 9.97 Å². The van der Waals surface area contributed by atoms with Gasteiger partial charge in [-0.3, -0.25) is 0 Å². The Balaban J connectivity index is 1.38. The number of thiazole rings is 1. The van der Waals surface area contributed by atoms with Crippen LogP contribution in [0.25, 0.3) is 32.0 Å². The van der Waals surface area contributed by atoms with E-state index in [4.69, 9.17) is 4.98 Å². The molecule has 0 saturated carbocycles. The van der Waals surface area contributed by atoms with Gasteiger partial charge in [0, 0.05) is 34.1 Å². The van der Waals surface area contributed by atoms with Crippen molar-refractivity contribution in [1.82, 2.24) is 9.97 Å². The van der Waals surface area contributed by atoms with E-state index >= 15 is 0 Å². The van der Waals surface area contributed by atoms with Crippen molar-refractivity contribution in [2.45, 2.75) is 18.8 Å². The van der Waals surface area contributed by atoms with Crippen molar-refractivity contribution in [2.24, 2.45) is 0 Å². The number of aromatic amines is 1. The predicted molar refractivity (Wildman–Crippen MR) is 132 cm³/mol.